The molecule has 2 aromatic carbocycles. The molecule has 8 heteroatoms. The van der Waals surface area contributed by atoms with Crippen LogP contribution in [0.25, 0.3) is 0 Å². The molecular formula is C25H33N3O4S. The molecule has 2 atom stereocenters. The number of nitrogens with zero attached hydrogens (tertiary/aromatic N) is 2. The highest BCUT2D eigenvalue weighted by molar-refractivity contribution is 7.92. The average molecular weight is 472 g/mol. The number of hydrogen-bond donors (Lipinski definition) is 1. The van der Waals surface area contributed by atoms with Gasteiger partial charge in [0.15, 0.2) is 0 Å². The van der Waals surface area contributed by atoms with E-state index >= 15 is 0 Å². The summed E-state index contributed by atoms with van der Waals surface area (Å²) >= 11 is 0. The van der Waals surface area contributed by atoms with Gasteiger partial charge in [0.1, 0.15) is 0 Å². The molecule has 33 heavy (non-hydrogen) atoms. The topological polar surface area (TPSA) is 79.0 Å². The SMILES string of the molecule is CC1CN(CC2CCN(C(=O)c3ccc(S(=O)(=O)Nc4ccccc4)cc3)CC2)CC(C)O1. The van der Waals surface area contributed by atoms with Gasteiger partial charge in [-0.05, 0) is 69.0 Å². The molecule has 4 rings (SSSR count). The normalized spacial score (nSPS) is 22.8. The van der Waals surface area contributed by atoms with Crippen LogP contribution in [0.5, 0.6) is 0 Å². The van der Waals surface area contributed by atoms with Gasteiger partial charge in [0.2, 0.25) is 0 Å². The third-order valence-corrected chi connectivity index (χ3v) is 7.75. The predicted molar refractivity (Wildman–Crippen MR) is 129 cm³/mol. The number of anilines is 1. The van der Waals surface area contributed by atoms with Crippen molar-refractivity contribution in [3.63, 3.8) is 0 Å². The van der Waals surface area contributed by atoms with Crippen molar-refractivity contribution < 1.29 is 17.9 Å². The number of para-hydroxylation sites is 1. The van der Waals surface area contributed by atoms with Crippen molar-refractivity contribution in [2.75, 3.05) is 37.4 Å². The number of carbonyl (C=O) groups is 1. The highest BCUT2D eigenvalue weighted by Crippen LogP contribution is 2.23. The Morgan fingerprint density at radius 2 is 1.58 bits per heavy atom. The third kappa shape index (κ3) is 6.13. The number of benzene rings is 2. The monoisotopic (exact) mass is 471 g/mol. The van der Waals surface area contributed by atoms with E-state index in [1.807, 2.05) is 11.0 Å². The van der Waals surface area contributed by atoms with Crippen molar-refractivity contribution in [2.45, 2.75) is 43.8 Å². The first-order valence-corrected chi connectivity index (χ1v) is 13.1. The highest BCUT2D eigenvalue weighted by atomic mass is 32.2. The summed E-state index contributed by atoms with van der Waals surface area (Å²) in [4.78, 5) is 17.5. The molecule has 1 N–H and O–H groups in total. The lowest BCUT2D eigenvalue weighted by atomic mass is 9.95. The van der Waals surface area contributed by atoms with Gasteiger partial charge >= 0.3 is 0 Å². The van der Waals surface area contributed by atoms with Crippen LogP contribution in [0.1, 0.15) is 37.0 Å². The van der Waals surface area contributed by atoms with Gasteiger partial charge in [-0.1, -0.05) is 18.2 Å². The van der Waals surface area contributed by atoms with Gasteiger partial charge in [0, 0.05) is 44.0 Å². The lowest BCUT2D eigenvalue weighted by molar-refractivity contribution is -0.0728. The van der Waals surface area contributed by atoms with E-state index in [9.17, 15) is 13.2 Å². The van der Waals surface area contributed by atoms with Gasteiger partial charge in [0.25, 0.3) is 15.9 Å². The number of morpholine rings is 1. The number of amides is 1. The average Bonchev–Trinajstić information content (AvgIpc) is 2.79. The summed E-state index contributed by atoms with van der Waals surface area (Å²) in [7, 11) is -3.70. The van der Waals surface area contributed by atoms with E-state index in [4.69, 9.17) is 4.74 Å². The number of rotatable bonds is 6. The largest absolute Gasteiger partial charge is 0.373 e. The van der Waals surface area contributed by atoms with E-state index in [1.165, 1.54) is 12.1 Å². The number of piperidine rings is 1. The second kappa shape index (κ2) is 10.2. The highest BCUT2D eigenvalue weighted by Gasteiger charge is 2.28. The van der Waals surface area contributed by atoms with E-state index in [0.29, 0.717) is 17.2 Å². The molecule has 2 heterocycles. The number of hydrogen-bond acceptors (Lipinski definition) is 5. The summed E-state index contributed by atoms with van der Waals surface area (Å²) in [5, 5.41) is 0. The lowest BCUT2D eigenvalue weighted by Gasteiger charge is -2.39. The Balaban J connectivity index is 1.31. The fraction of sp³-hybridized carbons (Fsp3) is 0.480. The summed E-state index contributed by atoms with van der Waals surface area (Å²) in [6, 6.07) is 14.9. The summed E-state index contributed by atoms with van der Waals surface area (Å²) in [6.45, 7) is 8.70. The maximum atomic E-state index is 13.0. The van der Waals surface area contributed by atoms with Gasteiger partial charge < -0.3 is 9.64 Å². The molecule has 2 aromatic rings. The molecule has 1 amide bonds. The molecule has 2 unspecified atom stereocenters. The number of ether oxygens (including phenoxy) is 1. The van der Waals surface area contributed by atoms with Crippen LogP contribution in [0.4, 0.5) is 5.69 Å². The molecule has 0 radical (unpaired) electrons. The zero-order valence-electron chi connectivity index (χ0n) is 19.3. The molecule has 0 saturated carbocycles. The molecule has 0 bridgehead atoms. The number of sulfonamides is 1. The number of likely N-dealkylation sites (tertiary alicyclic amines) is 1. The van der Waals surface area contributed by atoms with Crippen LogP contribution in [-0.2, 0) is 14.8 Å². The van der Waals surface area contributed by atoms with E-state index < -0.39 is 10.0 Å². The van der Waals surface area contributed by atoms with Crippen LogP contribution in [0.15, 0.2) is 59.5 Å². The van der Waals surface area contributed by atoms with Crippen LogP contribution < -0.4 is 4.72 Å². The Morgan fingerprint density at radius 3 is 2.18 bits per heavy atom. The summed E-state index contributed by atoms with van der Waals surface area (Å²) < 4.78 is 33.6. The molecule has 7 nitrogen and oxygen atoms in total. The van der Waals surface area contributed by atoms with Crippen molar-refractivity contribution in [2.24, 2.45) is 5.92 Å². The fourth-order valence-corrected chi connectivity index (χ4v) is 5.86. The minimum Gasteiger partial charge on any atom is -0.373 e. The quantitative estimate of drug-likeness (QED) is 0.698. The Labute approximate surface area is 196 Å². The van der Waals surface area contributed by atoms with E-state index in [-0.39, 0.29) is 23.0 Å². The standard InChI is InChI=1S/C25H33N3O4S/c1-19-16-27(17-20(2)32-19)18-21-12-14-28(15-13-21)25(29)22-8-10-24(11-9-22)33(30,31)26-23-6-4-3-5-7-23/h3-11,19-21,26H,12-18H2,1-2H3. The second-order valence-electron chi connectivity index (χ2n) is 9.21. The van der Waals surface area contributed by atoms with Crippen molar-refractivity contribution in [3.8, 4) is 0 Å². The number of nitrogens with one attached hydrogen (secondary N) is 1. The molecule has 0 aromatic heterocycles. The van der Waals surface area contributed by atoms with Gasteiger partial charge in [-0.2, -0.15) is 0 Å². The summed E-state index contributed by atoms with van der Waals surface area (Å²) in [5.41, 5.74) is 1.02. The van der Waals surface area contributed by atoms with Crippen molar-refractivity contribution in [1.82, 2.24) is 9.80 Å². The lowest BCUT2D eigenvalue weighted by Crippen LogP contribution is -2.48. The Morgan fingerprint density at radius 1 is 0.970 bits per heavy atom. The minimum atomic E-state index is -3.70. The van der Waals surface area contributed by atoms with Crippen LogP contribution in [0, 0.1) is 5.92 Å². The van der Waals surface area contributed by atoms with Crippen molar-refractivity contribution in [1.29, 1.82) is 0 Å². The Bertz CT molecular complexity index is 1030. The zero-order chi connectivity index (χ0) is 23.4. The van der Waals surface area contributed by atoms with Crippen molar-refractivity contribution >= 4 is 21.6 Å². The van der Waals surface area contributed by atoms with Crippen LogP contribution in [0.3, 0.4) is 0 Å². The summed E-state index contributed by atoms with van der Waals surface area (Å²) in [5.74, 6) is 0.546. The summed E-state index contributed by atoms with van der Waals surface area (Å²) in [6.07, 6.45) is 2.51. The van der Waals surface area contributed by atoms with Gasteiger partial charge in [-0.15, -0.1) is 0 Å². The molecule has 0 spiro atoms. The predicted octanol–water partition coefficient (Wildman–Crippen LogP) is 3.45. The molecular weight excluding hydrogens is 438 g/mol. The van der Waals surface area contributed by atoms with Gasteiger partial charge in [0.05, 0.1) is 17.1 Å². The zero-order valence-corrected chi connectivity index (χ0v) is 20.1. The van der Waals surface area contributed by atoms with Crippen LogP contribution >= 0.6 is 0 Å². The molecule has 178 valence electrons. The first-order chi connectivity index (χ1) is 15.8. The molecule has 2 aliphatic heterocycles. The van der Waals surface area contributed by atoms with E-state index in [1.54, 1.807) is 36.4 Å². The maximum absolute atomic E-state index is 13.0. The minimum absolute atomic E-state index is 0.0398. The van der Waals surface area contributed by atoms with Gasteiger partial charge in [-0.3, -0.25) is 14.4 Å². The number of carbonyl (C=O) groups excluding carboxylic acids is 1. The molecule has 2 aliphatic rings. The first-order valence-electron chi connectivity index (χ1n) is 11.6. The van der Waals surface area contributed by atoms with E-state index in [2.05, 4.69) is 23.5 Å². The Kier molecular flexibility index (Phi) is 7.36. The first kappa shape index (κ1) is 23.7. The molecule has 2 fully saturated rings. The third-order valence-electron chi connectivity index (χ3n) is 6.35. The second-order valence-corrected chi connectivity index (χ2v) is 10.9. The molecule has 0 aliphatic carbocycles. The van der Waals surface area contributed by atoms with Crippen LogP contribution in [-0.4, -0.2) is 69.1 Å². The maximum Gasteiger partial charge on any atom is 0.261 e. The fourth-order valence-electron chi connectivity index (χ4n) is 4.80. The van der Waals surface area contributed by atoms with Crippen molar-refractivity contribution in [3.05, 3.63) is 60.2 Å². The van der Waals surface area contributed by atoms with Gasteiger partial charge in [-0.25, -0.2) is 8.42 Å². The smallest absolute Gasteiger partial charge is 0.261 e. The molecule has 2 saturated heterocycles. The Hall–Kier alpha value is -2.42. The van der Waals surface area contributed by atoms with Crippen LogP contribution in [0.2, 0.25) is 0 Å². The van der Waals surface area contributed by atoms with E-state index in [0.717, 1.165) is 45.6 Å².